The summed E-state index contributed by atoms with van der Waals surface area (Å²) in [6.07, 6.45) is 9.57. The van der Waals surface area contributed by atoms with Crippen molar-refractivity contribution >= 4 is 0 Å². The van der Waals surface area contributed by atoms with E-state index in [0.29, 0.717) is 0 Å². The Morgan fingerprint density at radius 3 is 2.27 bits per heavy atom. The molecule has 1 aromatic rings. The van der Waals surface area contributed by atoms with Crippen molar-refractivity contribution < 1.29 is 0 Å². The second kappa shape index (κ2) is 6.71. The molecular weight excluding hydrogens is 182 g/mol. The molecule has 0 fully saturated rings. The number of hydrogen-bond acceptors (Lipinski definition) is 0. The molecule has 0 aliphatic heterocycles. The highest BCUT2D eigenvalue weighted by Gasteiger charge is 2.01. The first kappa shape index (κ1) is 12.4. The molecule has 1 aromatic heterocycles. The zero-order chi connectivity index (χ0) is 11.1. The molecule has 0 saturated carbocycles. The Hall–Kier alpha value is -0.720. The molecule has 0 unspecified atom stereocenters. The number of nitrogens with one attached hydrogen (secondary N) is 1. The minimum Gasteiger partial charge on any atom is -0.362 e. The number of rotatable bonds is 7. The highest BCUT2D eigenvalue weighted by Crippen LogP contribution is 2.14. The normalized spacial score (nSPS) is 10.9. The van der Waals surface area contributed by atoms with E-state index < -0.39 is 0 Å². The Morgan fingerprint density at radius 1 is 1.00 bits per heavy atom. The Balaban J connectivity index is 2.12. The van der Waals surface area contributed by atoms with Crippen molar-refractivity contribution in [1.29, 1.82) is 0 Å². The molecule has 0 aliphatic carbocycles. The lowest BCUT2D eigenvalue weighted by Gasteiger charge is -2.00. The molecule has 0 spiro atoms. The van der Waals surface area contributed by atoms with Crippen molar-refractivity contribution in [3.63, 3.8) is 0 Å². The highest BCUT2D eigenvalue weighted by molar-refractivity contribution is 5.24. The molecule has 1 rings (SSSR count). The second-order valence-corrected chi connectivity index (χ2v) is 4.62. The van der Waals surface area contributed by atoms with Crippen molar-refractivity contribution in [2.24, 2.45) is 0 Å². The fraction of sp³-hybridized carbons (Fsp3) is 0.714. The first-order valence-electron chi connectivity index (χ1n) is 6.39. The molecule has 0 aliphatic rings. The predicted molar refractivity (Wildman–Crippen MR) is 67.3 cm³/mol. The van der Waals surface area contributed by atoms with Gasteiger partial charge in [-0.1, -0.05) is 39.0 Å². The molecule has 0 amide bonds. The Bertz CT molecular complexity index is 273. The molecule has 15 heavy (non-hydrogen) atoms. The van der Waals surface area contributed by atoms with Crippen LogP contribution in [-0.4, -0.2) is 4.98 Å². The lowest BCUT2D eigenvalue weighted by Crippen LogP contribution is -1.86. The molecule has 0 bridgehead atoms. The number of aryl methyl sites for hydroxylation is 3. The molecule has 0 radical (unpaired) electrons. The van der Waals surface area contributed by atoms with Crippen molar-refractivity contribution in [3.8, 4) is 0 Å². The lowest BCUT2D eigenvalue weighted by atomic mass is 10.1. The van der Waals surface area contributed by atoms with Crippen LogP contribution < -0.4 is 0 Å². The smallest absolute Gasteiger partial charge is 0.0150 e. The minimum absolute atomic E-state index is 1.25. The van der Waals surface area contributed by atoms with Crippen LogP contribution in [-0.2, 0) is 6.42 Å². The van der Waals surface area contributed by atoms with Gasteiger partial charge in [-0.3, -0.25) is 0 Å². The van der Waals surface area contributed by atoms with Gasteiger partial charge in [0.15, 0.2) is 0 Å². The number of aromatic amines is 1. The van der Waals surface area contributed by atoms with E-state index in [1.807, 2.05) is 0 Å². The van der Waals surface area contributed by atoms with E-state index in [4.69, 9.17) is 0 Å². The Labute approximate surface area is 94.3 Å². The topological polar surface area (TPSA) is 15.8 Å². The molecule has 1 heterocycles. The third kappa shape index (κ3) is 4.55. The molecule has 86 valence electrons. The molecular formula is C14H25N. The summed E-state index contributed by atoms with van der Waals surface area (Å²) in [5.41, 5.74) is 4.18. The fourth-order valence-electron chi connectivity index (χ4n) is 2.14. The third-order valence-corrected chi connectivity index (χ3v) is 3.06. The minimum atomic E-state index is 1.25. The van der Waals surface area contributed by atoms with Crippen molar-refractivity contribution in [2.45, 2.75) is 65.7 Å². The first-order chi connectivity index (χ1) is 7.24. The van der Waals surface area contributed by atoms with Crippen LogP contribution in [0.3, 0.4) is 0 Å². The van der Waals surface area contributed by atoms with Gasteiger partial charge in [0.2, 0.25) is 0 Å². The quantitative estimate of drug-likeness (QED) is 0.632. The van der Waals surface area contributed by atoms with Crippen LogP contribution >= 0.6 is 0 Å². The summed E-state index contributed by atoms with van der Waals surface area (Å²) < 4.78 is 0. The van der Waals surface area contributed by atoms with Gasteiger partial charge in [0, 0.05) is 11.4 Å². The predicted octanol–water partition coefficient (Wildman–Crippen LogP) is 4.53. The standard InChI is InChI=1S/C14H25N/c1-4-5-6-7-8-9-10-14-11-12(2)15-13(14)3/h11,15H,4-10H2,1-3H3. The maximum Gasteiger partial charge on any atom is 0.0150 e. The summed E-state index contributed by atoms with van der Waals surface area (Å²) >= 11 is 0. The van der Waals surface area contributed by atoms with E-state index in [1.54, 1.807) is 0 Å². The third-order valence-electron chi connectivity index (χ3n) is 3.06. The van der Waals surface area contributed by atoms with Crippen molar-refractivity contribution in [2.75, 3.05) is 0 Å². The average molecular weight is 207 g/mol. The van der Waals surface area contributed by atoms with Crippen LogP contribution in [0.25, 0.3) is 0 Å². The van der Waals surface area contributed by atoms with Gasteiger partial charge in [-0.25, -0.2) is 0 Å². The Kier molecular flexibility index (Phi) is 5.52. The van der Waals surface area contributed by atoms with Crippen molar-refractivity contribution in [3.05, 3.63) is 23.0 Å². The van der Waals surface area contributed by atoms with Gasteiger partial charge in [0.1, 0.15) is 0 Å². The maximum atomic E-state index is 3.37. The van der Waals surface area contributed by atoms with E-state index in [0.717, 1.165) is 0 Å². The van der Waals surface area contributed by atoms with Gasteiger partial charge < -0.3 is 4.98 Å². The summed E-state index contributed by atoms with van der Waals surface area (Å²) in [6, 6.07) is 2.29. The molecule has 1 N–H and O–H groups in total. The van der Waals surface area contributed by atoms with E-state index >= 15 is 0 Å². The summed E-state index contributed by atoms with van der Waals surface area (Å²) in [5, 5.41) is 0. The second-order valence-electron chi connectivity index (χ2n) is 4.62. The van der Waals surface area contributed by atoms with Crippen LogP contribution in [0.4, 0.5) is 0 Å². The number of aromatic nitrogens is 1. The van der Waals surface area contributed by atoms with Gasteiger partial charge in [-0.2, -0.15) is 0 Å². The van der Waals surface area contributed by atoms with E-state index in [9.17, 15) is 0 Å². The SMILES string of the molecule is CCCCCCCCc1cc(C)[nH]c1C. The van der Waals surface area contributed by atoms with Gasteiger partial charge in [-0.05, 0) is 38.3 Å². The first-order valence-corrected chi connectivity index (χ1v) is 6.39. The molecule has 1 nitrogen and oxygen atoms in total. The van der Waals surface area contributed by atoms with E-state index in [1.165, 1.54) is 61.9 Å². The molecule has 0 saturated heterocycles. The van der Waals surface area contributed by atoms with Gasteiger partial charge in [0.05, 0.1) is 0 Å². The maximum absolute atomic E-state index is 3.37. The zero-order valence-electron chi connectivity index (χ0n) is 10.5. The van der Waals surface area contributed by atoms with E-state index in [-0.39, 0.29) is 0 Å². The molecule has 0 atom stereocenters. The van der Waals surface area contributed by atoms with Crippen LogP contribution in [0.2, 0.25) is 0 Å². The monoisotopic (exact) mass is 207 g/mol. The van der Waals surface area contributed by atoms with Gasteiger partial charge in [0.25, 0.3) is 0 Å². The van der Waals surface area contributed by atoms with Gasteiger partial charge >= 0.3 is 0 Å². The molecule has 1 heteroatoms. The van der Waals surface area contributed by atoms with E-state index in [2.05, 4.69) is 31.8 Å². The zero-order valence-corrected chi connectivity index (χ0v) is 10.5. The summed E-state index contributed by atoms with van der Waals surface area (Å²) in [5.74, 6) is 0. The van der Waals surface area contributed by atoms with Crippen LogP contribution in [0.15, 0.2) is 6.07 Å². The average Bonchev–Trinajstić information content (AvgIpc) is 2.51. The Morgan fingerprint density at radius 2 is 1.67 bits per heavy atom. The fourth-order valence-corrected chi connectivity index (χ4v) is 2.14. The van der Waals surface area contributed by atoms with Gasteiger partial charge in [-0.15, -0.1) is 0 Å². The summed E-state index contributed by atoms with van der Waals surface area (Å²) in [4.78, 5) is 3.37. The largest absolute Gasteiger partial charge is 0.362 e. The summed E-state index contributed by atoms with van der Waals surface area (Å²) in [6.45, 7) is 6.59. The summed E-state index contributed by atoms with van der Waals surface area (Å²) in [7, 11) is 0. The molecule has 0 aromatic carbocycles. The number of unbranched alkanes of at least 4 members (excludes halogenated alkanes) is 5. The highest BCUT2D eigenvalue weighted by atomic mass is 14.7. The lowest BCUT2D eigenvalue weighted by molar-refractivity contribution is 0.607. The van der Waals surface area contributed by atoms with Crippen LogP contribution in [0.1, 0.15) is 62.4 Å². The van der Waals surface area contributed by atoms with Crippen LogP contribution in [0, 0.1) is 13.8 Å². The number of H-pyrrole nitrogens is 1. The van der Waals surface area contributed by atoms with Crippen molar-refractivity contribution in [1.82, 2.24) is 4.98 Å². The van der Waals surface area contributed by atoms with Crippen LogP contribution in [0.5, 0.6) is 0 Å². The number of hydrogen-bond donors (Lipinski definition) is 1.